The molecule has 2 aromatic rings. The molecule has 0 heterocycles. The van der Waals surface area contributed by atoms with Crippen molar-refractivity contribution in [1.82, 2.24) is 5.32 Å². The summed E-state index contributed by atoms with van der Waals surface area (Å²) < 4.78 is 30.9. The molecule has 0 aliphatic carbocycles. The Morgan fingerprint density at radius 1 is 0.939 bits per heavy atom. The number of carbonyl (C=O) groups excluding carboxylic acids is 1. The number of aliphatic carboxylic acids is 2. The molecule has 0 aliphatic heterocycles. The van der Waals surface area contributed by atoms with Gasteiger partial charge in [0, 0.05) is 6.04 Å². The lowest BCUT2D eigenvalue weighted by atomic mass is 10.0. The van der Waals surface area contributed by atoms with Gasteiger partial charge in [-0.05, 0) is 56.2 Å². The van der Waals surface area contributed by atoms with E-state index in [2.05, 4.69) is 5.32 Å². The molecule has 0 aromatic heterocycles. The Kier molecular flexibility index (Phi) is 10.4. The van der Waals surface area contributed by atoms with E-state index < -0.39 is 47.4 Å². The van der Waals surface area contributed by atoms with Crippen LogP contribution >= 0.6 is 0 Å². The number of hydrogen-bond acceptors (Lipinski definition) is 5. The lowest BCUT2D eigenvalue weighted by Crippen LogP contribution is -2.35. The lowest BCUT2D eigenvalue weighted by molar-refractivity contribution is -0.138. The fourth-order valence-corrected chi connectivity index (χ4v) is 2.64. The van der Waals surface area contributed by atoms with Crippen LogP contribution in [0.4, 0.5) is 13.6 Å². The molecule has 1 amide bonds. The Bertz CT molecular complexity index is 962. The molecule has 0 fully saturated rings. The highest BCUT2D eigenvalue weighted by Gasteiger charge is 2.22. The van der Waals surface area contributed by atoms with Gasteiger partial charge in [0.05, 0.1) is 18.9 Å². The molecular weight excluding hydrogens is 438 g/mol. The van der Waals surface area contributed by atoms with Gasteiger partial charge in [-0.25, -0.2) is 13.6 Å². The number of alkyl carbamates (subject to hydrolysis) is 1. The maximum Gasteiger partial charge on any atom is 0.408 e. The Labute approximate surface area is 190 Å². The maximum atomic E-state index is 13.2. The summed E-state index contributed by atoms with van der Waals surface area (Å²) in [5.41, 5.74) is 5.70. The molecule has 0 bridgehead atoms. The van der Waals surface area contributed by atoms with E-state index in [-0.39, 0.29) is 12.8 Å². The summed E-state index contributed by atoms with van der Waals surface area (Å²) in [4.78, 5) is 32.8. The van der Waals surface area contributed by atoms with Gasteiger partial charge in [-0.2, -0.15) is 0 Å². The van der Waals surface area contributed by atoms with Crippen molar-refractivity contribution in [3.05, 3.63) is 71.3 Å². The minimum Gasteiger partial charge on any atom is -0.481 e. The van der Waals surface area contributed by atoms with Crippen LogP contribution in [0.1, 0.15) is 56.8 Å². The highest BCUT2D eigenvalue weighted by molar-refractivity contribution is 5.72. The number of carboxylic acid groups (broad SMARTS) is 2. The van der Waals surface area contributed by atoms with E-state index in [1.165, 1.54) is 36.4 Å². The molecule has 180 valence electrons. The highest BCUT2D eigenvalue weighted by Crippen LogP contribution is 2.19. The van der Waals surface area contributed by atoms with Gasteiger partial charge in [0.15, 0.2) is 0 Å². The average molecular weight is 466 g/mol. The molecule has 0 spiro atoms. The van der Waals surface area contributed by atoms with Crippen LogP contribution in [0.5, 0.6) is 0 Å². The van der Waals surface area contributed by atoms with Gasteiger partial charge in [0.1, 0.15) is 17.2 Å². The molecule has 2 aromatic carbocycles. The van der Waals surface area contributed by atoms with Crippen molar-refractivity contribution in [3.8, 4) is 0 Å². The number of halogens is 2. The first-order valence-electron chi connectivity index (χ1n) is 9.96. The van der Waals surface area contributed by atoms with Gasteiger partial charge >= 0.3 is 18.0 Å². The van der Waals surface area contributed by atoms with Gasteiger partial charge in [-0.1, -0.05) is 24.3 Å². The van der Waals surface area contributed by atoms with Crippen molar-refractivity contribution in [1.29, 1.82) is 0 Å². The molecule has 0 aliphatic rings. The third-order valence-corrected chi connectivity index (χ3v) is 3.99. The minimum absolute atomic E-state index is 0.191. The zero-order valence-corrected chi connectivity index (χ0v) is 18.5. The minimum atomic E-state index is -1.10. The van der Waals surface area contributed by atoms with E-state index >= 15 is 0 Å². The molecule has 0 radical (unpaired) electrons. The summed E-state index contributed by atoms with van der Waals surface area (Å²) in [5.74, 6) is -2.99. The molecular formula is C23H28F2N2O6. The van der Waals surface area contributed by atoms with Crippen molar-refractivity contribution in [2.75, 3.05) is 0 Å². The van der Waals surface area contributed by atoms with Crippen molar-refractivity contribution in [2.45, 2.75) is 51.3 Å². The Morgan fingerprint density at radius 2 is 1.42 bits per heavy atom. The van der Waals surface area contributed by atoms with Crippen LogP contribution in [-0.2, 0) is 14.3 Å². The lowest BCUT2D eigenvalue weighted by Gasteiger charge is -2.23. The highest BCUT2D eigenvalue weighted by atomic mass is 19.1. The number of hydrogen-bond donors (Lipinski definition) is 4. The maximum absolute atomic E-state index is 13.2. The second kappa shape index (κ2) is 12.5. The van der Waals surface area contributed by atoms with Crippen LogP contribution in [-0.4, -0.2) is 33.8 Å². The van der Waals surface area contributed by atoms with Crippen LogP contribution in [0.3, 0.4) is 0 Å². The Balaban J connectivity index is 0.000000361. The molecule has 10 heteroatoms. The third-order valence-electron chi connectivity index (χ3n) is 3.99. The van der Waals surface area contributed by atoms with Crippen molar-refractivity contribution < 1.29 is 38.1 Å². The number of rotatable bonds is 7. The smallest absolute Gasteiger partial charge is 0.408 e. The average Bonchev–Trinajstić information content (AvgIpc) is 2.65. The van der Waals surface area contributed by atoms with E-state index in [4.69, 9.17) is 20.7 Å². The quantitative estimate of drug-likeness (QED) is 0.480. The molecule has 0 saturated heterocycles. The largest absolute Gasteiger partial charge is 0.481 e. The predicted molar refractivity (Wildman–Crippen MR) is 116 cm³/mol. The summed E-state index contributed by atoms with van der Waals surface area (Å²) in [6.45, 7) is 5.09. The number of carbonyl (C=O) groups is 3. The molecule has 33 heavy (non-hydrogen) atoms. The Morgan fingerprint density at radius 3 is 1.88 bits per heavy atom. The summed E-state index contributed by atoms with van der Waals surface area (Å²) >= 11 is 0. The van der Waals surface area contributed by atoms with Gasteiger partial charge in [0.2, 0.25) is 0 Å². The number of amides is 1. The van der Waals surface area contributed by atoms with Gasteiger partial charge in [-0.3, -0.25) is 9.59 Å². The van der Waals surface area contributed by atoms with Crippen LogP contribution in [0, 0.1) is 11.6 Å². The fraction of sp³-hybridized carbons (Fsp3) is 0.348. The summed E-state index contributed by atoms with van der Waals surface area (Å²) in [5, 5.41) is 19.8. The van der Waals surface area contributed by atoms with Gasteiger partial charge in [-0.15, -0.1) is 0 Å². The molecule has 0 saturated carbocycles. The molecule has 5 N–H and O–H groups in total. The topological polar surface area (TPSA) is 139 Å². The third kappa shape index (κ3) is 11.6. The number of nitrogens with one attached hydrogen (secondary N) is 1. The first-order valence-corrected chi connectivity index (χ1v) is 9.96. The van der Waals surface area contributed by atoms with E-state index in [1.54, 1.807) is 32.9 Å². The Hall–Kier alpha value is -3.53. The summed E-state index contributed by atoms with van der Waals surface area (Å²) in [6.07, 6.45) is -1.29. The van der Waals surface area contributed by atoms with Crippen molar-refractivity contribution in [3.63, 3.8) is 0 Å². The first kappa shape index (κ1) is 27.5. The normalized spacial score (nSPS) is 12.5. The first-order chi connectivity index (χ1) is 15.3. The molecule has 2 atom stereocenters. The second-order valence-electron chi connectivity index (χ2n) is 8.11. The van der Waals surface area contributed by atoms with Crippen LogP contribution in [0.15, 0.2) is 48.5 Å². The van der Waals surface area contributed by atoms with Gasteiger partial charge < -0.3 is 26.0 Å². The zero-order valence-electron chi connectivity index (χ0n) is 18.5. The van der Waals surface area contributed by atoms with Crippen LogP contribution in [0.25, 0.3) is 0 Å². The number of nitrogens with two attached hydrogens (primary N) is 1. The van der Waals surface area contributed by atoms with Crippen LogP contribution < -0.4 is 11.1 Å². The van der Waals surface area contributed by atoms with E-state index in [0.717, 1.165) is 0 Å². The zero-order chi connectivity index (χ0) is 25.2. The number of ether oxygens (including phenoxy) is 1. The molecule has 2 rings (SSSR count). The van der Waals surface area contributed by atoms with Crippen LogP contribution in [0.2, 0.25) is 0 Å². The van der Waals surface area contributed by atoms with Crippen molar-refractivity contribution in [2.24, 2.45) is 5.73 Å². The van der Waals surface area contributed by atoms with Crippen molar-refractivity contribution >= 4 is 18.0 Å². The fourth-order valence-electron chi connectivity index (χ4n) is 2.64. The van der Waals surface area contributed by atoms with Gasteiger partial charge in [0.25, 0.3) is 0 Å². The van der Waals surface area contributed by atoms with E-state index in [9.17, 15) is 23.2 Å². The molecule has 8 nitrogen and oxygen atoms in total. The SMILES string of the molecule is CC(C)(C)OC(=O)N[C@H](CC(=O)O)c1cccc(F)c1.N[C@H](CC(=O)O)c1cccc(F)c1. The second-order valence-corrected chi connectivity index (χ2v) is 8.11. The molecule has 0 unspecified atom stereocenters. The predicted octanol–water partition coefficient (Wildman–Crippen LogP) is 4.17. The van der Waals surface area contributed by atoms with E-state index in [1.807, 2.05) is 0 Å². The monoisotopic (exact) mass is 466 g/mol. The number of carboxylic acids is 2. The summed E-state index contributed by atoms with van der Waals surface area (Å²) in [6, 6.07) is 9.59. The van der Waals surface area contributed by atoms with E-state index in [0.29, 0.717) is 11.1 Å². The summed E-state index contributed by atoms with van der Waals surface area (Å²) in [7, 11) is 0. The standard InChI is InChI=1S/C14H18FNO4.C9H10FNO2/c1-14(2,3)20-13(19)16-11(8-12(17)18)9-5-4-6-10(15)7-9;10-7-3-1-2-6(4-7)8(11)5-9(12)13/h4-7,11H,8H2,1-3H3,(H,16,19)(H,17,18);1-4,8H,5,11H2,(H,12,13)/t11-;8-/m11/s1. The number of benzene rings is 2.